The van der Waals surface area contributed by atoms with Crippen LogP contribution in [-0.2, 0) is 0 Å². The van der Waals surface area contributed by atoms with E-state index in [1.54, 1.807) is 0 Å². The van der Waals surface area contributed by atoms with Gasteiger partial charge in [-0.1, -0.05) is 30.3 Å². The average molecular weight is 247 g/mol. The first-order valence-corrected chi connectivity index (χ1v) is 5.41. The van der Waals surface area contributed by atoms with E-state index in [0.717, 1.165) is 5.56 Å². The second-order valence-electron chi connectivity index (χ2n) is 3.70. The number of nitrogens with zero attached hydrogens (tertiary/aromatic N) is 1. The van der Waals surface area contributed by atoms with Crippen molar-refractivity contribution in [1.29, 1.82) is 0 Å². The summed E-state index contributed by atoms with van der Waals surface area (Å²) < 4.78 is 0. The maximum atomic E-state index is 11.5. The Morgan fingerprint density at radius 1 is 1.28 bits per heavy atom. The van der Waals surface area contributed by atoms with Crippen molar-refractivity contribution in [3.8, 4) is 0 Å². The molecule has 7 nitrogen and oxygen atoms in total. The molecule has 0 radical (unpaired) electrons. The fourth-order valence-corrected chi connectivity index (χ4v) is 1.57. The minimum atomic E-state index is -0.644. The Kier molecular flexibility index (Phi) is 3.54. The van der Waals surface area contributed by atoms with Crippen LogP contribution in [0.5, 0.6) is 0 Å². The summed E-state index contributed by atoms with van der Waals surface area (Å²) in [4.78, 5) is 24.4. The second-order valence-corrected chi connectivity index (χ2v) is 3.70. The van der Waals surface area contributed by atoms with Gasteiger partial charge in [-0.3, -0.25) is 9.78 Å². The highest BCUT2D eigenvalue weighted by molar-refractivity contribution is 5.35. The van der Waals surface area contributed by atoms with Gasteiger partial charge in [0.2, 0.25) is 5.82 Å². The zero-order valence-electron chi connectivity index (χ0n) is 9.51. The molecule has 7 heteroatoms. The topological polar surface area (TPSA) is 117 Å². The van der Waals surface area contributed by atoms with Crippen molar-refractivity contribution in [3.63, 3.8) is 0 Å². The fraction of sp³-hybridized carbons (Fsp3) is 0.182. The highest BCUT2D eigenvalue weighted by atomic mass is 16.2. The van der Waals surface area contributed by atoms with Crippen molar-refractivity contribution in [1.82, 2.24) is 15.2 Å². The van der Waals surface area contributed by atoms with Crippen molar-refractivity contribution < 1.29 is 0 Å². The summed E-state index contributed by atoms with van der Waals surface area (Å²) in [6.45, 7) is 0.296. The van der Waals surface area contributed by atoms with E-state index in [4.69, 9.17) is 5.73 Å². The number of anilines is 1. The number of aromatic amines is 2. The molecule has 2 rings (SSSR count). The number of hydrogen-bond acceptors (Lipinski definition) is 5. The molecule has 0 aliphatic rings. The molecule has 0 aliphatic heterocycles. The maximum Gasteiger partial charge on any atom is 0.342 e. The molecule has 0 saturated heterocycles. The quantitative estimate of drug-likeness (QED) is 0.585. The Labute approximate surface area is 102 Å². The van der Waals surface area contributed by atoms with Crippen LogP contribution < -0.4 is 22.3 Å². The molecule has 18 heavy (non-hydrogen) atoms. The van der Waals surface area contributed by atoms with Crippen LogP contribution in [0.4, 0.5) is 5.82 Å². The van der Waals surface area contributed by atoms with Gasteiger partial charge in [0.1, 0.15) is 0 Å². The van der Waals surface area contributed by atoms with Gasteiger partial charge < -0.3 is 11.1 Å². The third-order valence-electron chi connectivity index (χ3n) is 2.46. The first-order valence-electron chi connectivity index (χ1n) is 5.41. The lowest BCUT2D eigenvalue weighted by Gasteiger charge is -2.16. The highest BCUT2D eigenvalue weighted by Crippen LogP contribution is 2.14. The van der Waals surface area contributed by atoms with Crippen molar-refractivity contribution in [3.05, 3.63) is 56.7 Å². The van der Waals surface area contributed by atoms with Crippen molar-refractivity contribution in [2.45, 2.75) is 6.04 Å². The lowest BCUT2D eigenvalue weighted by molar-refractivity contribution is 0.766. The molecule has 0 fully saturated rings. The van der Waals surface area contributed by atoms with E-state index in [9.17, 15) is 9.59 Å². The van der Waals surface area contributed by atoms with Crippen molar-refractivity contribution in [2.75, 3.05) is 11.9 Å². The van der Waals surface area contributed by atoms with Crippen LogP contribution in [0.15, 0.2) is 39.9 Å². The predicted octanol–water partition coefficient (Wildman–Crippen LogP) is -0.430. The molecule has 0 saturated carbocycles. The smallest absolute Gasteiger partial charge is 0.342 e. The van der Waals surface area contributed by atoms with Crippen LogP contribution in [0.25, 0.3) is 0 Å². The molecule has 0 bridgehead atoms. The molecule has 1 heterocycles. The van der Waals surface area contributed by atoms with Gasteiger partial charge in [-0.25, -0.2) is 9.89 Å². The number of aromatic nitrogens is 3. The van der Waals surface area contributed by atoms with Gasteiger partial charge in [-0.15, -0.1) is 5.10 Å². The van der Waals surface area contributed by atoms with E-state index >= 15 is 0 Å². The van der Waals surface area contributed by atoms with E-state index in [2.05, 4.69) is 20.5 Å². The second kappa shape index (κ2) is 5.28. The molecule has 0 amide bonds. The van der Waals surface area contributed by atoms with Gasteiger partial charge in [0, 0.05) is 6.54 Å². The summed E-state index contributed by atoms with van der Waals surface area (Å²) in [5, 5.41) is 8.69. The summed E-state index contributed by atoms with van der Waals surface area (Å²) in [5.41, 5.74) is 5.38. The zero-order chi connectivity index (χ0) is 13.0. The summed E-state index contributed by atoms with van der Waals surface area (Å²) in [6, 6.07) is 9.19. The number of benzene rings is 1. The summed E-state index contributed by atoms with van der Waals surface area (Å²) >= 11 is 0. The van der Waals surface area contributed by atoms with Crippen molar-refractivity contribution in [2.24, 2.45) is 5.73 Å². The molecular formula is C11H13N5O2. The van der Waals surface area contributed by atoms with Crippen molar-refractivity contribution >= 4 is 5.82 Å². The Morgan fingerprint density at radius 2 is 2.00 bits per heavy atom. The van der Waals surface area contributed by atoms with Gasteiger partial charge in [-0.2, -0.15) is 0 Å². The van der Waals surface area contributed by atoms with E-state index in [-0.39, 0.29) is 11.9 Å². The lowest BCUT2D eigenvalue weighted by Crippen LogP contribution is -2.30. The predicted molar refractivity (Wildman–Crippen MR) is 67.3 cm³/mol. The normalized spacial score (nSPS) is 12.1. The van der Waals surface area contributed by atoms with Crippen LogP contribution in [0, 0.1) is 0 Å². The molecule has 5 N–H and O–H groups in total. The molecule has 1 unspecified atom stereocenters. The molecule has 1 aromatic carbocycles. The van der Waals surface area contributed by atoms with Crippen LogP contribution in [0.2, 0.25) is 0 Å². The Balaban J connectivity index is 2.26. The largest absolute Gasteiger partial charge is 0.356 e. The summed E-state index contributed by atoms with van der Waals surface area (Å²) in [7, 11) is 0. The first-order chi connectivity index (χ1) is 8.70. The fourth-order valence-electron chi connectivity index (χ4n) is 1.57. The van der Waals surface area contributed by atoms with Gasteiger partial charge in [-0.05, 0) is 5.56 Å². The van der Waals surface area contributed by atoms with E-state index in [0.29, 0.717) is 6.54 Å². The minimum Gasteiger partial charge on any atom is -0.356 e. The first kappa shape index (κ1) is 12.1. The van der Waals surface area contributed by atoms with Crippen LogP contribution in [0.1, 0.15) is 11.6 Å². The van der Waals surface area contributed by atoms with Gasteiger partial charge in [0.15, 0.2) is 0 Å². The van der Waals surface area contributed by atoms with E-state index in [1.165, 1.54) is 0 Å². The Morgan fingerprint density at radius 3 is 2.61 bits per heavy atom. The Bertz CT molecular complexity index is 619. The molecule has 94 valence electrons. The van der Waals surface area contributed by atoms with E-state index < -0.39 is 11.2 Å². The van der Waals surface area contributed by atoms with Gasteiger partial charge >= 0.3 is 5.69 Å². The third kappa shape index (κ3) is 2.64. The molecule has 1 aromatic heterocycles. The van der Waals surface area contributed by atoms with Gasteiger partial charge in [0.25, 0.3) is 5.56 Å². The number of nitrogens with two attached hydrogens (primary N) is 1. The molecule has 1 atom stereocenters. The number of nitrogens with one attached hydrogen (secondary N) is 3. The number of H-pyrrole nitrogens is 2. The zero-order valence-corrected chi connectivity index (χ0v) is 9.51. The molecule has 0 aliphatic carbocycles. The lowest BCUT2D eigenvalue weighted by atomic mass is 10.1. The molecule has 2 aromatic rings. The monoisotopic (exact) mass is 247 g/mol. The Hall–Kier alpha value is -2.41. The molecular weight excluding hydrogens is 234 g/mol. The standard InChI is InChI=1S/C11H13N5O2/c12-6-8(7-4-2-1-3-5-7)13-9-10(17)14-11(18)16-15-9/h1-5,8H,6,12H2,(H,13,15)(H2,14,16,17,18). The number of hydrogen-bond donors (Lipinski definition) is 4. The van der Waals surface area contributed by atoms with Gasteiger partial charge in [0.05, 0.1) is 6.04 Å². The average Bonchev–Trinajstić information content (AvgIpc) is 2.39. The SMILES string of the molecule is NCC(Nc1n[nH]c(=O)[nH]c1=O)c1ccccc1. The summed E-state index contributed by atoms with van der Waals surface area (Å²) in [6.07, 6.45) is 0. The molecule has 0 spiro atoms. The van der Waals surface area contributed by atoms with Crippen LogP contribution >= 0.6 is 0 Å². The third-order valence-corrected chi connectivity index (χ3v) is 2.46. The summed E-state index contributed by atoms with van der Waals surface area (Å²) in [5.74, 6) is 0.0360. The van der Waals surface area contributed by atoms with E-state index in [1.807, 2.05) is 30.3 Å². The maximum absolute atomic E-state index is 11.5. The van der Waals surface area contributed by atoms with Crippen LogP contribution in [-0.4, -0.2) is 21.7 Å². The highest BCUT2D eigenvalue weighted by Gasteiger charge is 2.11. The minimum absolute atomic E-state index is 0.0360. The number of rotatable bonds is 4. The van der Waals surface area contributed by atoms with Crippen LogP contribution in [0.3, 0.4) is 0 Å².